The maximum atomic E-state index is 14.3. The number of aromatic amines is 1. The van der Waals surface area contributed by atoms with E-state index in [1.54, 1.807) is 7.11 Å². The highest BCUT2D eigenvalue weighted by Crippen LogP contribution is 2.45. The molecule has 15 nitrogen and oxygen atoms in total. The molecule has 15 heteroatoms. The van der Waals surface area contributed by atoms with Crippen LogP contribution in [0.25, 0.3) is 33.2 Å². The lowest BCUT2D eigenvalue weighted by Gasteiger charge is -2.33. The van der Waals surface area contributed by atoms with Crippen LogP contribution in [0.3, 0.4) is 0 Å². The number of aliphatic imine (C=N–C) groups is 1. The third-order valence-electron chi connectivity index (χ3n) is 14.1. The summed E-state index contributed by atoms with van der Waals surface area (Å²) in [5.74, 6) is 1.22. The van der Waals surface area contributed by atoms with Gasteiger partial charge in [-0.2, -0.15) is 0 Å². The number of imidazole rings is 1. The molecule has 0 unspecified atom stereocenters. The molecule has 0 bridgehead atoms. The summed E-state index contributed by atoms with van der Waals surface area (Å²) < 4.78 is 21.8. The number of benzene rings is 3. The van der Waals surface area contributed by atoms with Crippen LogP contribution >= 0.6 is 0 Å². The van der Waals surface area contributed by atoms with Crippen molar-refractivity contribution in [3.05, 3.63) is 65.6 Å². The third-order valence-corrected chi connectivity index (χ3v) is 14.1. The fraction of sp³-hybridized carbons (Fsp3) is 0.510. The van der Waals surface area contributed by atoms with Gasteiger partial charge in [-0.1, -0.05) is 58.7 Å². The van der Waals surface area contributed by atoms with E-state index >= 15 is 0 Å². The molecule has 0 aliphatic carbocycles. The van der Waals surface area contributed by atoms with E-state index in [0.29, 0.717) is 38.4 Å². The summed E-state index contributed by atoms with van der Waals surface area (Å²) in [5, 5.41) is 7.73. The maximum absolute atomic E-state index is 14.3. The number of hydrogen-bond donors (Lipinski definition) is 3. The van der Waals surface area contributed by atoms with Crippen LogP contribution in [0.1, 0.15) is 89.7 Å². The molecule has 0 radical (unpaired) electrons. The Morgan fingerprint density at radius 2 is 1.61 bits per heavy atom. The first-order valence-corrected chi connectivity index (χ1v) is 22.7. The highest BCUT2D eigenvalue weighted by atomic mass is 16.5. The number of amides is 4. The molecule has 3 aromatic carbocycles. The van der Waals surface area contributed by atoms with E-state index in [2.05, 4.69) is 58.1 Å². The third kappa shape index (κ3) is 8.41. The van der Waals surface area contributed by atoms with E-state index in [4.69, 9.17) is 28.9 Å². The molecule has 64 heavy (non-hydrogen) atoms. The minimum atomic E-state index is -0.721. The van der Waals surface area contributed by atoms with Gasteiger partial charge in [-0.25, -0.2) is 14.6 Å². The van der Waals surface area contributed by atoms with Gasteiger partial charge in [0, 0.05) is 43.3 Å². The second-order valence-electron chi connectivity index (χ2n) is 18.0. The summed E-state index contributed by atoms with van der Waals surface area (Å²) in [5.41, 5.74) is 7.90. The Hall–Kier alpha value is -5.96. The Kier molecular flexibility index (Phi) is 13.0. The highest BCUT2D eigenvalue weighted by Gasteiger charge is 2.44. The average molecular weight is 876 g/mol. The molecular formula is C49H61N7O8. The van der Waals surface area contributed by atoms with E-state index in [-0.39, 0.29) is 47.7 Å². The van der Waals surface area contributed by atoms with Crippen LogP contribution in [-0.4, -0.2) is 108 Å². The summed E-state index contributed by atoms with van der Waals surface area (Å²) in [4.78, 5) is 70.1. The predicted molar refractivity (Wildman–Crippen MR) is 243 cm³/mol. The van der Waals surface area contributed by atoms with Crippen molar-refractivity contribution in [2.75, 3.05) is 34.5 Å². The molecule has 3 N–H and O–H groups in total. The summed E-state index contributed by atoms with van der Waals surface area (Å²) in [6.45, 7) is 11.4. The van der Waals surface area contributed by atoms with E-state index in [9.17, 15) is 19.2 Å². The zero-order chi connectivity index (χ0) is 45.4. The smallest absolute Gasteiger partial charge is 0.407 e. The Morgan fingerprint density at radius 1 is 0.891 bits per heavy atom. The van der Waals surface area contributed by atoms with E-state index in [0.717, 1.165) is 87.1 Å². The molecule has 2 saturated heterocycles. The lowest BCUT2D eigenvalue weighted by atomic mass is 9.90. The van der Waals surface area contributed by atoms with Crippen molar-refractivity contribution in [3.8, 4) is 28.1 Å². The molecule has 4 aliphatic heterocycles. The lowest BCUT2D eigenvalue weighted by Crippen LogP contribution is -2.54. The van der Waals surface area contributed by atoms with Gasteiger partial charge in [-0.05, 0) is 95.3 Å². The molecule has 0 saturated carbocycles. The second-order valence-corrected chi connectivity index (χ2v) is 18.0. The Bertz CT molecular complexity index is 2470. The normalized spacial score (nSPS) is 21.8. The fourth-order valence-electron chi connectivity index (χ4n) is 10.1. The zero-order valence-corrected chi connectivity index (χ0v) is 38.2. The summed E-state index contributed by atoms with van der Waals surface area (Å²) >= 11 is 0. The summed E-state index contributed by atoms with van der Waals surface area (Å²) in [7, 11) is 4.29. The number of ether oxygens (including phenoxy) is 4. The number of rotatable bonds is 13. The van der Waals surface area contributed by atoms with Crippen molar-refractivity contribution in [3.63, 3.8) is 0 Å². The molecular weight excluding hydrogens is 815 g/mol. The molecule has 1 aromatic heterocycles. The van der Waals surface area contributed by atoms with Crippen molar-refractivity contribution >= 4 is 46.2 Å². The summed E-state index contributed by atoms with van der Waals surface area (Å²) in [6, 6.07) is 12.9. The van der Waals surface area contributed by atoms with Crippen LogP contribution < -0.4 is 15.4 Å². The van der Waals surface area contributed by atoms with Crippen molar-refractivity contribution in [2.45, 2.75) is 110 Å². The van der Waals surface area contributed by atoms with Crippen LogP contribution in [0.2, 0.25) is 0 Å². The minimum Gasteiger partial charge on any atom is -0.488 e. The number of fused-ring (bicyclic) bond motifs is 6. The largest absolute Gasteiger partial charge is 0.488 e. The number of hydrogen-bond acceptors (Lipinski definition) is 10. The Morgan fingerprint density at radius 3 is 2.30 bits per heavy atom. The molecule has 5 heterocycles. The number of H-pyrrole nitrogens is 1. The number of nitrogens with zero attached hydrogens (tertiary/aromatic N) is 4. The van der Waals surface area contributed by atoms with Gasteiger partial charge in [-0.15, -0.1) is 0 Å². The number of carbonyl (C=O) groups is 4. The van der Waals surface area contributed by atoms with Crippen molar-refractivity contribution in [1.82, 2.24) is 30.4 Å². The fourth-order valence-corrected chi connectivity index (χ4v) is 10.1. The minimum absolute atomic E-state index is 0.0162. The molecule has 4 aliphatic rings. The van der Waals surface area contributed by atoms with Gasteiger partial charge in [-0.3, -0.25) is 14.6 Å². The number of likely N-dealkylation sites (tertiary alicyclic amines) is 2. The standard InChI is InChI=1S/C49H61N7O8/c1-9-26(3)43(53-48(59)62-7)46(57)55-23-29(24-61-6)17-41(55)38-20-35-34-21-42-36(19-30(34)13-15-37(35)51-38)33-14-12-31(18-32(33)25-64-42)39-22-50-45(52-39)40-16-11-28(5)56(40)47(58)44(27(4)10-2)54-49(60)63-8/h12-15,18-19,21-22,26-29,40-41,43-44H,9-11,16-17,20,23-25H2,1-8H3,(H,50,52)(H,53,59)(H,54,60)/t26-,27-,28-,29-,40-,41-,43-,44-/m0/s1. The zero-order valence-electron chi connectivity index (χ0n) is 38.2. The van der Waals surface area contributed by atoms with Gasteiger partial charge in [0.2, 0.25) is 11.8 Å². The first kappa shape index (κ1) is 44.6. The molecule has 8 rings (SSSR count). The second kappa shape index (κ2) is 18.6. The number of alkyl carbamates (subject to hydrolysis) is 2. The molecule has 4 aromatic rings. The molecule has 340 valence electrons. The van der Waals surface area contributed by atoms with Crippen molar-refractivity contribution in [2.24, 2.45) is 22.7 Å². The van der Waals surface area contributed by atoms with Gasteiger partial charge in [0.05, 0.1) is 50.5 Å². The number of carbonyl (C=O) groups excluding carboxylic acids is 4. The topological polar surface area (TPSA) is 177 Å². The molecule has 8 atom stereocenters. The quantitative estimate of drug-likeness (QED) is 0.121. The van der Waals surface area contributed by atoms with Crippen LogP contribution in [0.15, 0.2) is 53.7 Å². The number of nitrogens with one attached hydrogen (secondary N) is 3. The average Bonchev–Trinajstić information content (AvgIpc) is 4.14. The predicted octanol–water partition coefficient (Wildman–Crippen LogP) is 7.87. The first-order valence-electron chi connectivity index (χ1n) is 22.7. The van der Waals surface area contributed by atoms with Crippen molar-refractivity contribution in [1.29, 1.82) is 0 Å². The van der Waals surface area contributed by atoms with Gasteiger partial charge in [0.1, 0.15) is 30.3 Å². The highest BCUT2D eigenvalue weighted by molar-refractivity contribution is 6.06. The SMILES string of the molecule is CC[C@H](C)[C@H](NC(=O)OC)C(=O)N1C[C@@H](COC)C[C@H]1C1=Nc2ccc3cc4c(cc3c2C1)OCc1cc(-c2cnc([C@@H]3CC[C@H](C)N3C(=O)[C@@H](NC(=O)OC)[C@@H](C)CC)[nH]2)ccc1-4. The lowest BCUT2D eigenvalue weighted by molar-refractivity contribution is -0.137. The van der Waals surface area contributed by atoms with Crippen LogP contribution in [0.4, 0.5) is 15.3 Å². The number of methoxy groups -OCH3 is 3. The van der Waals surface area contributed by atoms with Crippen LogP contribution in [0.5, 0.6) is 5.75 Å². The van der Waals surface area contributed by atoms with E-state index in [1.807, 2.05) is 50.6 Å². The van der Waals surface area contributed by atoms with Crippen LogP contribution in [-0.2, 0) is 36.8 Å². The molecule has 0 spiro atoms. The monoisotopic (exact) mass is 875 g/mol. The summed E-state index contributed by atoms with van der Waals surface area (Å²) in [6.07, 6.45) is 4.91. The van der Waals surface area contributed by atoms with Crippen molar-refractivity contribution < 1.29 is 38.1 Å². The maximum Gasteiger partial charge on any atom is 0.407 e. The van der Waals surface area contributed by atoms with Gasteiger partial charge in [0.15, 0.2) is 0 Å². The first-order chi connectivity index (χ1) is 30.9. The van der Waals surface area contributed by atoms with E-state index in [1.165, 1.54) is 14.2 Å². The van der Waals surface area contributed by atoms with Gasteiger partial charge in [0.25, 0.3) is 0 Å². The number of aromatic nitrogens is 2. The van der Waals surface area contributed by atoms with Gasteiger partial charge < -0.3 is 44.4 Å². The molecule has 4 amide bonds. The Labute approximate surface area is 374 Å². The molecule has 2 fully saturated rings. The van der Waals surface area contributed by atoms with Gasteiger partial charge >= 0.3 is 12.2 Å². The Balaban J connectivity index is 1.02. The van der Waals surface area contributed by atoms with E-state index < -0.39 is 24.3 Å². The van der Waals surface area contributed by atoms with Crippen LogP contribution in [0, 0.1) is 17.8 Å².